The van der Waals surface area contributed by atoms with E-state index in [0.717, 1.165) is 12.1 Å². The first-order chi connectivity index (χ1) is 11.7. The second kappa shape index (κ2) is 9.33. The van der Waals surface area contributed by atoms with E-state index >= 15 is 0 Å². The van der Waals surface area contributed by atoms with E-state index in [1.54, 1.807) is 6.92 Å². The molecular formula is C15H23N3O6S. The van der Waals surface area contributed by atoms with Gasteiger partial charge in [-0.1, -0.05) is 26.0 Å². The van der Waals surface area contributed by atoms with Crippen LogP contribution in [-0.2, 0) is 14.8 Å². The third-order valence-electron chi connectivity index (χ3n) is 3.22. The lowest BCUT2D eigenvalue weighted by atomic mass is 10.0. The second-order valence-electron chi connectivity index (χ2n) is 5.77. The van der Waals surface area contributed by atoms with Crippen molar-refractivity contribution in [2.24, 2.45) is 5.92 Å². The van der Waals surface area contributed by atoms with Crippen molar-refractivity contribution in [2.75, 3.05) is 13.2 Å². The highest BCUT2D eigenvalue weighted by Gasteiger charge is 2.26. The topological polar surface area (TPSA) is 128 Å². The van der Waals surface area contributed by atoms with Crippen LogP contribution < -0.4 is 10.0 Å². The van der Waals surface area contributed by atoms with Gasteiger partial charge in [0.2, 0.25) is 10.0 Å². The number of para-hydroxylation sites is 1. The summed E-state index contributed by atoms with van der Waals surface area (Å²) < 4.78 is 31.9. The van der Waals surface area contributed by atoms with Crippen molar-refractivity contribution in [3.8, 4) is 0 Å². The molecule has 25 heavy (non-hydrogen) atoms. The highest BCUT2D eigenvalue weighted by Crippen LogP contribution is 2.22. The molecule has 1 aromatic carbocycles. The van der Waals surface area contributed by atoms with E-state index in [1.165, 1.54) is 12.1 Å². The number of benzene rings is 1. The fourth-order valence-corrected chi connectivity index (χ4v) is 3.48. The van der Waals surface area contributed by atoms with Gasteiger partial charge in [0.25, 0.3) is 5.69 Å². The molecule has 1 unspecified atom stereocenters. The Morgan fingerprint density at radius 3 is 2.52 bits per heavy atom. The number of ether oxygens (including phenoxy) is 1. The molecule has 1 rings (SSSR count). The number of amides is 1. The van der Waals surface area contributed by atoms with Gasteiger partial charge in [0.1, 0.15) is 0 Å². The Balaban J connectivity index is 2.90. The number of rotatable bonds is 9. The summed E-state index contributed by atoms with van der Waals surface area (Å²) in [4.78, 5) is 21.4. The minimum atomic E-state index is -4.10. The van der Waals surface area contributed by atoms with E-state index < -0.39 is 37.7 Å². The van der Waals surface area contributed by atoms with Gasteiger partial charge >= 0.3 is 6.09 Å². The molecule has 0 radical (unpaired) electrons. The summed E-state index contributed by atoms with van der Waals surface area (Å²) in [5, 5.41) is 13.6. The molecule has 0 fully saturated rings. The number of alkyl carbamates (subject to hydrolysis) is 1. The SMILES string of the molecule is CCOC(=O)NC(CNS(=O)(=O)c1ccccc1[N+](=O)[O-])CC(C)C. The summed E-state index contributed by atoms with van der Waals surface area (Å²) in [6, 6.07) is 4.58. The first-order valence-electron chi connectivity index (χ1n) is 7.83. The number of nitrogens with one attached hydrogen (secondary N) is 2. The Bertz CT molecular complexity index is 705. The molecule has 0 bridgehead atoms. The summed E-state index contributed by atoms with van der Waals surface area (Å²) in [6.45, 7) is 5.61. The molecule has 0 aliphatic heterocycles. The quantitative estimate of drug-likeness (QED) is 0.503. The molecule has 0 aliphatic rings. The van der Waals surface area contributed by atoms with Crippen molar-refractivity contribution in [1.29, 1.82) is 0 Å². The Hall–Kier alpha value is -2.20. The Labute approximate surface area is 147 Å². The molecule has 140 valence electrons. The Morgan fingerprint density at radius 2 is 1.96 bits per heavy atom. The number of nitrogens with zero attached hydrogens (tertiary/aromatic N) is 1. The van der Waals surface area contributed by atoms with Crippen LogP contribution in [0.4, 0.5) is 10.5 Å². The molecule has 0 saturated heterocycles. The number of sulfonamides is 1. The summed E-state index contributed by atoms with van der Waals surface area (Å²) in [6.07, 6.45) is -0.129. The first kappa shape index (κ1) is 20.8. The normalized spacial score (nSPS) is 12.6. The lowest BCUT2D eigenvalue weighted by Crippen LogP contribution is -2.44. The average molecular weight is 373 g/mol. The molecule has 9 nitrogen and oxygen atoms in total. The van der Waals surface area contributed by atoms with Crippen LogP contribution in [0, 0.1) is 16.0 Å². The van der Waals surface area contributed by atoms with E-state index in [0.29, 0.717) is 6.42 Å². The van der Waals surface area contributed by atoms with E-state index in [4.69, 9.17) is 4.74 Å². The third kappa shape index (κ3) is 6.67. The van der Waals surface area contributed by atoms with Gasteiger partial charge in [0.15, 0.2) is 4.90 Å². The van der Waals surface area contributed by atoms with Crippen molar-refractivity contribution >= 4 is 21.8 Å². The number of nitro groups is 1. The molecule has 1 amide bonds. The molecule has 0 spiro atoms. The minimum Gasteiger partial charge on any atom is -0.450 e. The maximum atomic E-state index is 12.4. The fourth-order valence-electron chi connectivity index (χ4n) is 2.23. The summed E-state index contributed by atoms with van der Waals surface area (Å²) >= 11 is 0. The molecule has 1 aromatic rings. The van der Waals surface area contributed by atoms with Gasteiger partial charge in [-0.3, -0.25) is 10.1 Å². The zero-order valence-electron chi connectivity index (χ0n) is 14.4. The lowest BCUT2D eigenvalue weighted by Gasteiger charge is -2.20. The van der Waals surface area contributed by atoms with Crippen LogP contribution >= 0.6 is 0 Å². The summed E-state index contributed by atoms with van der Waals surface area (Å²) in [5.74, 6) is 0.197. The molecule has 0 aromatic heterocycles. The lowest BCUT2D eigenvalue weighted by molar-refractivity contribution is -0.387. The molecule has 1 atom stereocenters. The van der Waals surface area contributed by atoms with Crippen LogP contribution in [-0.4, -0.2) is 38.6 Å². The fraction of sp³-hybridized carbons (Fsp3) is 0.533. The number of carbonyl (C=O) groups excluding carboxylic acids is 1. The average Bonchev–Trinajstić information content (AvgIpc) is 2.52. The van der Waals surface area contributed by atoms with Gasteiger partial charge in [-0.15, -0.1) is 0 Å². The highest BCUT2D eigenvalue weighted by molar-refractivity contribution is 7.89. The minimum absolute atomic E-state index is 0.106. The van der Waals surface area contributed by atoms with Crippen LogP contribution in [0.1, 0.15) is 27.2 Å². The zero-order chi connectivity index (χ0) is 19.0. The molecular weight excluding hydrogens is 350 g/mol. The van der Waals surface area contributed by atoms with Crippen molar-refractivity contribution in [1.82, 2.24) is 10.0 Å². The molecule has 2 N–H and O–H groups in total. The van der Waals surface area contributed by atoms with E-state index in [-0.39, 0.29) is 19.1 Å². The number of hydrogen-bond acceptors (Lipinski definition) is 6. The highest BCUT2D eigenvalue weighted by atomic mass is 32.2. The van der Waals surface area contributed by atoms with Crippen LogP contribution in [0.3, 0.4) is 0 Å². The van der Waals surface area contributed by atoms with E-state index in [2.05, 4.69) is 10.0 Å². The van der Waals surface area contributed by atoms with Crippen LogP contribution in [0.15, 0.2) is 29.2 Å². The third-order valence-corrected chi connectivity index (χ3v) is 4.70. The maximum Gasteiger partial charge on any atom is 0.407 e. The number of carbonyl (C=O) groups is 1. The van der Waals surface area contributed by atoms with Gasteiger partial charge in [-0.05, 0) is 25.3 Å². The van der Waals surface area contributed by atoms with Crippen LogP contribution in [0.5, 0.6) is 0 Å². The van der Waals surface area contributed by atoms with Crippen molar-refractivity contribution in [3.63, 3.8) is 0 Å². The van der Waals surface area contributed by atoms with Crippen LogP contribution in [0.2, 0.25) is 0 Å². The predicted molar refractivity (Wildman–Crippen MR) is 91.7 cm³/mol. The van der Waals surface area contributed by atoms with Gasteiger partial charge in [-0.2, -0.15) is 0 Å². The summed E-state index contributed by atoms with van der Waals surface area (Å²) in [5.41, 5.74) is -0.506. The Kier molecular flexibility index (Phi) is 7.78. The smallest absolute Gasteiger partial charge is 0.407 e. The van der Waals surface area contributed by atoms with Crippen molar-refractivity contribution < 1.29 is 22.9 Å². The zero-order valence-corrected chi connectivity index (χ0v) is 15.2. The van der Waals surface area contributed by atoms with E-state index in [9.17, 15) is 23.3 Å². The molecule has 10 heteroatoms. The number of nitro benzene ring substituents is 1. The summed E-state index contributed by atoms with van der Waals surface area (Å²) in [7, 11) is -4.10. The van der Waals surface area contributed by atoms with E-state index in [1.807, 2.05) is 13.8 Å². The van der Waals surface area contributed by atoms with Gasteiger partial charge in [-0.25, -0.2) is 17.9 Å². The first-order valence-corrected chi connectivity index (χ1v) is 9.32. The van der Waals surface area contributed by atoms with Gasteiger partial charge in [0, 0.05) is 18.7 Å². The van der Waals surface area contributed by atoms with Gasteiger partial charge < -0.3 is 10.1 Å². The van der Waals surface area contributed by atoms with Crippen LogP contribution in [0.25, 0.3) is 0 Å². The van der Waals surface area contributed by atoms with Gasteiger partial charge in [0.05, 0.1) is 11.5 Å². The monoisotopic (exact) mass is 373 g/mol. The van der Waals surface area contributed by atoms with Crippen molar-refractivity contribution in [3.05, 3.63) is 34.4 Å². The standard InChI is InChI=1S/C15H23N3O6S/c1-4-24-15(19)17-12(9-11(2)3)10-16-25(22,23)14-8-6-5-7-13(14)18(20)21/h5-8,11-12,16H,4,9-10H2,1-3H3,(H,17,19). The predicted octanol–water partition coefficient (Wildman–Crippen LogP) is 2.03. The van der Waals surface area contributed by atoms with Crippen molar-refractivity contribution in [2.45, 2.75) is 38.1 Å². The largest absolute Gasteiger partial charge is 0.450 e. The molecule has 0 heterocycles. The molecule has 0 aliphatic carbocycles. The second-order valence-corrected chi connectivity index (χ2v) is 7.50. The Morgan fingerprint density at radius 1 is 1.32 bits per heavy atom. The molecule has 0 saturated carbocycles. The maximum absolute atomic E-state index is 12.4. The number of hydrogen-bond donors (Lipinski definition) is 2.